The summed E-state index contributed by atoms with van der Waals surface area (Å²) in [7, 11) is 1.55. The van der Waals surface area contributed by atoms with Gasteiger partial charge in [0, 0.05) is 4.47 Å². The molecule has 2 rings (SSSR count). The molecule has 1 N–H and O–H groups in total. The molecule has 0 atom stereocenters. The Morgan fingerprint density at radius 3 is 2.88 bits per heavy atom. The number of rotatable bonds is 3. The fourth-order valence-electron chi connectivity index (χ4n) is 1.37. The summed E-state index contributed by atoms with van der Waals surface area (Å²) in [5, 5.41) is 2.75. The molecule has 0 saturated carbocycles. The smallest absolute Gasteiger partial charge is 0.259 e. The van der Waals surface area contributed by atoms with E-state index in [0.29, 0.717) is 17.0 Å². The van der Waals surface area contributed by atoms with Crippen LogP contribution in [0.1, 0.15) is 10.4 Å². The molecule has 0 saturated heterocycles. The second-order valence-corrected chi connectivity index (χ2v) is 4.23. The molecule has 0 spiro atoms. The Morgan fingerprint density at radius 1 is 1.41 bits per heavy atom. The Hall–Kier alpha value is -1.75. The maximum Gasteiger partial charge on any atom is 0.259 e. The van der Waals surface area contributed by atoms with Gasteiger partial charge in [-0.3, -0.25) is 4.79 Å². The summed E-state index contributed by atoms with van der Waals surface area (Å²) in [5.74, 6) is 0.361. The topological polar surface area (TPSA) is 51.5 Å². The third-order valence-corrected chi connectivity index (χ3v) is 2.69. The van der Waals surface area contributed by atoms with Crippen molar-refractivity contribution in [1.29, 1.82) is 0 Å². The minimum absolute atomic E-state index is 0.241. The molecule has 5 heteroatoms. The van der Waals surface area contributed by atoms with Gasteiger partial charge in [0.2, 0.25) is 0 Å². The largest absolute Gasteiger partial charge is 0.495 e. The standard InChI is InChI=1S/C12H10BrNO3/c1-16-11-3-2-9(13)6-10(11)14-12(15)8-4-5-17-7-8/h2-7H,1H3,(H,14,15). The van der Waals surface area contributed by atoms with Gasteiger partial charge in [0.25, 0.3) is 5.91 Å². The minimum atomic E-state index is -0.241. The van der Waals surface area contributed by atoms with Gasteiger partial charge in [-0.05, 0) is 24.3 Å². The number of carbonyl (C=O) groups is 1. The quantitative estimate of drug-likeness (QED) is 0.945. The molecule has 1 heterocycles. The van der Waals surface area contributed by atoms with E-state index in [2.05, 4.69) is 21.2 Å². The van der Waals surface area contributed by atoms with Gasteiger partial charge in [0.15, 0.2) is 0 Å². The van der Waals surface area contributed by atoms with Crippen LogP contribution in [0.2, 0.25) is 0 Å². The predicted octanol–water partition coefficient (Wildman–Crippen LogP) is 3.30. The number of halogens is 1. The molecule has 0 unspecified atom stereocenters. The lowest BCUT2D eigenvalue weighted by Gasteiger charge is -2.09. The molecule has 17 heavy (non-hydrogen) atoms. The first-order valence-corrected chi connectivity index (χ1v) is 5.67. The summed E-state index contributed by atoms with van der Waals surface area (Å²) in [6.45, 7) is 0. The van der Waals surface area contributed by atoms with Crippen molar-refractivity contribution in [3.8, 4) is 5.75 Å². The molecule has 4 nitrogen and oxygen atoms in total. The van der Waals surface area contributed by atoms with Gasteiger partial charge in [-0.2, -0.15) is 0 Å². The van der Waals surface area contributed by atoms with Crippen LogP contribution in [-0.4, -0.2) is 13.0 Å². The van der Waals surface area contributed by atoms with Crippen molar-refractivity contribution in [2.45, 2.75) is 0 Å². The van der Waals surface area contributed by atoms with Gasteiger partial charge in [0.1, 0.15) is 12.0 Å². The lowest BCUT2D eigenvalue weighted by atomic mass is 10.2. The lowest BCUT2D eigenvalue weighted by Crippen LogP contribution is -2.11. The Morgan fingerprint density at radius 2 is 2.24 bits per heavy atom. The average Bonchev–Trinajstić information content (AvgIpc) is 2.83. The summed E-state index contributed by atoms with van der Waals surface area (Å²) < 4.78 is 10.9. The molecule has 0 bridgehead atoms. The number of anilines is 1. The SMILES string of the molecule is COc1ccc(Br)cc1NC(=O)c1ccoc1. The lowest BCUT2D eigenvalue weighted by molar-refractivity contribution is 0.102. The van der Waals surface area contributed by atoms with E-state index in [9.17, 15) is 4.79 Å². The third-order valence-electron chi connectivity index (χ3n) is 2.19. The van der Waals surface area contributed by atoms with E-state index in [4.69, 9.17) is 9.15 Å². The number of nitrogens with one attached hydrogen (secondary N) is 1. The summed E-state index contributed by atoms with van der Waals surface area (Å²) in [4.78, 5) is 11.8. The summed E-state index contributed by atoms with van der Waals surface area (Å²) in [6.07, 6.45) is 2.84. The van der Waals surface area contributed by atoms with Gasteiger partial charge in [-0.15, -0.1) is 0 Å². The number of hydrogen-bond donors (Lipinski definition) is 1. The van der Waals surface area contributed by atoms with Crippen molar-refractivity contribution in [1.82, 2.24) is 0 Å². The predicted molar refractivity (Wildman–Crippen MR) is 67.4 cm³/mol. The monoisotopic (exact) mass is 295 g/mol. The first-order valence-electron chi connectivity index (χ1n) is 4.88. The van der Waals surface area contributed by atoms with E-state index in [1.807, 2.05) is 6.07 Å². The van der Waals surface area contributed by atoms with Crippen LogP contribution in [-0.2, 0) is 0 Å². The maximum atomic E-state index is 11.8. The number of carbonyl (C=O) groups excluding carboxylic acids is 1. The first kappa shape index (κ1) is 11.7. The average molecular weight is 296 g/mol. The Kier molecular flexibility index (Phi) is 3.49. The molecule has 1 aromatic carbocycles. The number of ether oxygens (including phenoxy) is 1. The van der Waals surface area contributed by atoms with E-state index >= 15 is 0 Å². The van der Waals surface area contributed by atoms with Crippen molar-refractivity contribution in [3.05, 3.63) is 46.8 Å². The van der Waals surface area contributed by atoms with Crippen LogP contribution in [0.3, 0.4) is 0 Å². The van der Waals surface area contributed by atoms with Crippen molar-refractivity contribution in [2.75, 3.05) is 12.4 Å². The molecule has 0 radical (unpaired) electrons. The first-order chi connectivity index (χ1) is 8.20. The maximum absolute atomic E-state index is 11.8. The van der Waals surface area contributed by atoms with E-state index in [0.717, 1.165) is 4.47 Å². The van der Waals surface area contributed by atoms with Crippen LogP contribution in [0.15, 0.2) is 45.7 Å². The molecule has 0 fully saturated rings. The number of hydrogen-bond acceptors (Lipinski definition) is 3. The van der Waals surface area contributed by atoms with Gasteiger partial charge in [-0.1, -0.05) is 15.9 Å². The van der Waals surface area contributed by atoms with Crippen LogP contribution >= 0.6 is 15.9 Å². The molecule has 0 aliphatic heterocycles. The Labute approximate surface area is 107 Å². The van der Waals surface area contributed by atoms with Gasteiger partial charge in [-0.25, -0.2) is 0 Å². The zero-order valence-corrected chi connectivity index (χ0v) is 10.7. The van der Waals surface area contributed by atoms with E-state index < -0.39 is 0 Å². The van der Waals surface area contributed by atoms with E-state index in [1.54, 1.807) is 25.3 Å². The van der Waals surface area contributed by atoms with Gasteiger partial charge in [0.05, 0.1) is 24.6 Å². The zero-order valence-electron chi connectivity index (χ0n) is 9.07. The third kappa shape index (κ3) is 2.68. The van der Waals surface area contributed by atoms with Crippen molar-refractivity contribution >= 4 is 27.5 Å². The fourth-order valence-corrected chi connectivity index (χ4v) is 1.73. The van der Waals surface area contributed by atoms with Crippen LogP contribution in [0, 0.1) is 0 Å². The van der Waals surface area contributed by atoms with Crippen LogP contribution in [0.5, 0.6) is 5.75 Å². The molecule has 1 aromatic heterocycles. The fraction of sp³-hybridized carbons (Fsp3) is 0.0833. The highest BCUT2D eigenvalue weighted by Crippen LogP contribution is 2.28. The molecular weight excluding hydrogens is 286 g/mol. The highest BCUT2D eigenvalue weighted by atomic mass is 79.9. The molecule has 2 aromatic rings. The number of benzene rings is 1. The van der Waals surface area contributed by atoms with Crippen molar-refractivity contribution in [2.24, 2.45) is 0 Å². The molecule has 0 aliphatic carbocycles. The van der Waals surface area contributed by atoms with Crippen LogP contribution < -0.4 is 10.1 Å². The van der Waals surface area contributed by atoms with E-state index in [1.165, 1.54) is 12.5 Å². The molecule has 1 amide bonds. The minimum Gasteiger partial charge on any atom is -0.495 e. The second kappa shape index (κ2) is 5.05. The second-order valence-electron chi connectivity index (χ2n) is 3.31. The summed E-state index contributed by atoms with van der Waals surface area (Å²) >= 11 is 3.34. The van der Waals surface area contributed by atoms with Crippen LogP contribution in [0.4, 0.5) is 5.69 Å². The Balaban J connectivity index is 2.23. The van der Waals surface area contributed by atoms with Crippen molar-refractivity contribution in [3.63, 3.8) is 0 Å². The molecule has 0 aliphatic rings. The highest BCUT2D eigenvalue weighted by Gasteiger charge is 2.10. The summed E-state index contributed by atoms with van der Waals surface area (Å²) in [6, 6.07) is 6.98. The molecule has 88 valence electrons. The number of amides is 1. The highest BCUT2D eigenvalue weighted by molar-refractivity contribution is 9.10. The van der Waals surface area contributed by atoms with Gasteiger partial charge >= 0.3 is 0 Å². The molecular formula is C12H10BrNO3. The zero-order chi connectivity index (χ0) is 12.3. The normalized spacial score (nSPS) is 10.0. The van der Waals surface area contributed by atoms with Gasteiger partial charge < -0.3 is 14.5 Å². The number of methoxy groups -OCH3 is 1. The number of furan rings is 1. The van der Waals surface area contributed by atoms with Crippen LogP contribution in [0.25, 0.3) is 0 Å². The Bertz CT molecular complexity index is 523. The summed E-state index contributed by atoms with van der Waals surface area (Å²) in [5.41, 5.74) is 1.07. The van der Waals surface area contributed by atoms with Crippen molar-refractivity contribution < 1.29 is 13.9 Å². The van der Waals surface area contributed by atoms with E-state index in [-0.39, 0.29) is 5.91 Å².